The number of fused-ring (bicyclic) bond motifs is 1. The standard InChI is InChI=1S/C13H11FN4OS/c1-7-8(2)20-13-16-12(17-18(7)13)15-11(19)9-3-5-10(14)6-4-9/h3-6H,1-2H3,(H,15,17,19). The lowest BCUT2D eigenvalue weighted by Crippen LogP contribution is -2.13. The second-order valence-electron chi connectivity index (χ2n) is 4.33. The minimum Gasteiger partial charge on any atom is -0.289 e. The van der Waals surface area contributed by atoms with Crippen molar-refractivity contribution >= 4 is 28.2 Å². The van der Waals surface area contributed by atoms with Crippen molar-refractivity contribution in [3.05, 3.63) is 46.2 Å². The molecular formula is C13H11FN4OS. The number of nitrogens with zero attached hydrogens (tertiary/aromatic N) is 3. The largest absolute Gasteiger partial charge is 0.289 e. The van der Waals surface area contributed by atoms with Crippen LogP contribution in [0, 0.1) is 19.7 Å². The lowest BCUT2D eigenvalue weighted by atomic mass is 10.2. The number of amides is 1. The third-order valence-corrected chi connectivity index (χ3v) is 4.03. The topological polar surface area (TPSA) is 59.3 Å². The van der Waals surface area contributed by atoms with Crippen molar-refractivity contribution in [3.63, 3.8) is 0 Å². The van der Waals surface area contributed by atoms with Crippen LogP contribution in [0.25, 0.3) is 4.96 Å². The molecule has 0 unspecified atom stereocenters. The molecule has 0 aliphatic rings. The van der Waals surface area contributed by atoms with Gasteiger partial charge < -0.3 is 0 Å². The van der Waals surface area contributed by atoms with E-state index in [1.54, 1.807) is 4.52 Å². The minimum absolute atomic E-state index is 0.244. The Morgan fingerprint density at radius 1 is 1.30 bits per heavy atom. The fourth-order valence-electron chi connectivity index (χ4n) is 1.77. The number of hydrogen-bond acceptors (Lipinski definition) is 4. The highest BCUT2D eigenvalue weighted by Crippen LogP contribution is 2.21. The molecule has 0 spiro atoms. The Morgan fingerprint density at radius 2 is 2.00 bits per heavy atom. The summed E-state index contributed by atoms with van der Waals surface area (Å²) in [6.45, 7) is 3.94. The summed E-state index contributed by atoms with van der Waals surface area (Å²) in [5.41, 5.74) is 1.36. The molecule has 102 valence electrons. The van der Waals surface area contributed by atoms with Crippen LogP contribution in [-0.2, 0) is 0 Å². The summed E-state index contributed by atoms with van der Waals surface area (Å²) in [5.74, 6) is -0.500. The number of benzene rings is 1. The maximum atomic E-state index is 12.8. The van der Waals surface area contributed by atoms with Crippen LogP contribution in [-0.4, -0.2) is 20.5 Å². The van der Waals surface area contributed by atoms with E-state index in [2.05, 4.69) is 15.4 Å². The summed E-state index contributed by atoms with van der Waals surface area (Å²) >= 11 is 1.51. The van der Waals surface area contributed by atoms with E-state index < -0.39 is 0 Å². The second kappa shape index (κ2) is 4.68. The van der Waals surface area contributed by atoms with Crippen LogP contribution < -0.4 is 5.32 Å². The molecule has 1 aromatic carbocycles. The molecule has 5 nitrogen and oxygen atoms in total. The molecule has 0 aliphatic carbocycles. The molecule has 0 saturated carbocycles. The van der Waals surface area contributed by atoms with Gasteiger partial charge in [0.05, 0.1) is 5.69 Å². The summed E-state index contributed by atoms with van der Waals surface area (Å²) < 4.78 is 14.5. The molecular weight excluding hydrogens is 279 g/mol. The van der Waals surface area contributed by atoms with Gasteiger partial charge in [-0.05, 0) is 38.1 Å². The Labute approximate surface area is 118 Å². The zero-order valence-electron chi connectivity index (χ0n) is 10.8. The number of carbonyl (C=O) groups excluding carboxylic acids is 1. The summed E-state index contributed by atoms with van der Waals surface area (Å²) in [4.78, 5) is 18.1. The van der Waals surface area contributed by atoms with E-state index in [0.29, 0.717) is 5.56 Å². The zero-order chi connectivity index (χ0) is 14.3. The van der Waals surface area contributed by atoms with Crippen LogP contribution in [0.4, 0.5) is 10.3 Å². The highest BCUT2D eigenvalue weighted by molar-refractivity contribution is 7.17. The van der Waals surface area contributed by atoms with Gasteiger partial charge in [-0.25, -0.2) is 8.91 Å². The van der Waals surface area contributed by atoms with Crippen molar-refractivity contribution < 1.29 is 9.18 Å². The predicted octanol–water partition coefficient (Wildman–Crippen LogP) is 2.80. The lowest BCUT2D eigenvalue weighted by Gasteiger charge is -2.00. The molecule has 0 bridgehead atoms. The van der Waals surface area contributed by atoms with E-state index in [4.69, 9.17) is 0 Å². The van der Waals surface area contributed by atoms with Crippen molar-refractivity contribution in [2.45, 2.75) is 13.8 Å². The predicted molar refractivity (Wildman–Crippen MR) is 74.7 cm³/mol. The Balaban J connectivity index is 1.85. The van der Waals surface area contributed by atoms with Gasteiger partial charge in [0, 0.05) is 10.4 Å². The highest BCUT2D eigenvalue weighted by atomic mass is 32.1. The van der Waals surface area contributed by atoms with Crippen molar-refractivity contribution in [2.75, 3.05) is 5.32 Å². The van der Waals surface area contributed by atoms with E-state index in [1.807, 2.05) is 13.8 Å². The average molecular weight is 290 g/mol. The van der Waals surface area contributed by atoms with Crippen LogP contribution >= 0.6 is 11.3 Å². The van der Waals surface area contributed by atoms with E-state index in [-0.39, 0.29) is 17.7 Å². The number of anilines is 1. The van der Waals surface area contributed by atoms with Crippen molar-refractivity contribution in [2.24, 2.45) is 0 Å². The van der Waals surface area contributed by atoms with Gasteiger partial charge in [0.15, 0.2) is 0 Å². The van der Waals surface area contributed by atoms with Gasteiger partial charge in [-0.15, -0.1) is 5.10 Å². The zero-order valence-corrected chi connectivity index (χ0v) is 11.7. The van der Waals surface area contributed by atoms with Gasteiger partial charge in [0.25, 0.3) is 11.9 Å². The molecule has 0 radical (unpaired) electrons. The van der Waals surface area contributed by atoms with Gasteiger partial charge in [-0.1, -0.05) is 11.3 Å². The van der Waals surface area contributed by atoms with Crippen molar-refractivity contribution in [3.8, 4) is 0 Å². The number of aromatic nitrogens is 3. The van der Waals surface area contributed by atoms with Crippen molar-refractivity contribution in [1.82, 2.24) is 14.6 Å². The van der Waals surface area contributed by atoms with E-state index in [9.17, 15) is 9.18 Å². The first kappa shape index (κ1) is 12.7. The maximum absolute atomic E-state index is 12.8. The van der Waals surface area contributed by atoms with Gasteiger partial charge in [-0.3, -0.25) is 10.1 Å². The Hall–Kier alpha value is -2.28. The Bertz CT molecular complexity index is 791. The summed E-state index contributed by atoms with van der Waals surface area (Å²) in [7, 11) is 0. The molecule has 20 heavy (non-hydrogen) atoms. The molecule has 0 fully saturated rings. The van der Waals surface area contributed by atoms with Gasteiger partial charge in [0.1, 0.15) is 5.82 Å². The second-order valence-corrected chi connectivity index (χ2v) is 5.52. The third-order valence-electron chi connectivity index (χ3n) is 2.98. The first-order chi connectivity index (χ1) is 9.54. The molecule has 0 saturated heterocycles. The number of rotatable bonds is 2. The molecule has 1 amide bonds. The molecule has 2 aromatic heterocycles. The van der Waals surface area contributed by atoms with Gasteiger partial charge in [-0.2, -0.15) is 4.98 Å². The Kier molecular flexibility index (Phi) is 2.98. The lowest BCUT2D eigenvalue weighted by molar-refractivity contribution is 0.102. The van der Waals surface area contributed by atoms with Crippen LogP contribution in [0.1, 0.15) is 20.9 Å². The highest BCUT2D eigenvalue weighted by Gasteiger charge is 2.13. The molecule has 2 heterocycles. The number of aryl methyl sites for hydroxylation is 2. The molecule has 0 aliphatic heterocycles. The van der Waals surface area contributed by atoms with Crippen molar-refractivity contribution in [1.29, 1.82) is 0 Å². The quantitative estimate of drug-likeness (QED) is 0.789. The summed E-state index contributed by atoms with van der Waals surface area (Å²) in [6.07, 6.45) is 0. The van der Waals surface area contributed by atoms with Crippen LogP contribution in [0.15, 0.2) is 24.3 Å². The molecule has 0 atom stereocenters. The molecule has 7 heteroatoms. The molecule has 3 aromatic rings. The Morgan fingerprint density at radius 3 is 2.65 bits per heavy atom. The fourth-order valence-corrected chi connectivity index (χ4v) is 2.67. The number of nitrogens with one attached hydrogen (secondary N) is 1. The van der Waals surface area contributed by atoms with Gasteiger partial charge in [0.2, 0.25) is 4.96 Å². The van der Waals surface area contributed by atoms with Crippen LogP contribution in [0.3, 0.4) is 0 Å². The number of thiazole rings is 1. The smallest absolute Gasteiger partial charge is 0.258 e. The van der Waals surface area contributed by atoms with Gasteiger partial charge >= 0.3 is 0 Å². The minimum atomic E-state index is -0.381. The van der Waals surface area contributed by atoms with E-state index in [0.717, 1.165) is 15.5 Å². The van der Waals surface area contributed by atoms with E-state index in [1.165, 1.54) is 35.6 Å². The fraction of sp³-hybridized carbons (Fsp3) is 0.154. The third kappa shape index (κ3) is 2.16. The average Bonchev–Trinajstić information content (AvgIpc) is 2.91. The summed E-state index contributed by atoms with van der Waals surface area (Å²) in [6, 6.07) is 5.31. The van der Waals surface area contributed by atoms with Crippen LogP contribution in [0.2, 0.25) is 0 Å². The number of hydrogen-bond donors (Lipinski definition) is 1. The normalized spacial score (nSPS) is 10.9. The maximum Gasteiger partial charge on any atom is 0.258 e. The SMILES string of the molecule is Cc1sc2nc(NC(=O)c3ccc(F)cc3)nn2c1C. The monoisotopic (exact) mass is 290 g/mol. The first-order valence-corrected chi connectivity index (χ1v) is 6.76. The molecule has 3 rings (SSSR count). The molecule has 1 N–H and O–H groups in total. The number of halogens is 1. The first-order valence-electron chi connectivity index (χ1n) is 5.94. The summed E-state index contributed by atoms with van der Waals surface area (Å²) in [5, 5.41) is 6.83. The van der Waals surface area contributed by atoms with E-state index >= 15 is 0 Å². The number of carbonyl (C=O) groups is 1. The van der Waals surface area contributed by atoms with Crippen LogP contribution in [0.5, 0.6) is 0 Å².